The lowest BCUT2D eigenvalue weighted by atomic mass is 10.1. The van der Waals surface area contributed by atoms with E-state index in [1.54, 1.807) is 19.2 Å². The van der Waals surface area contributed by atoms with Gasteiger partial charge in [0.25, 0.3) is 5.91 Å². The van der Waals surface area contributed by atoms with Gasteiger partial charge < -0.3 is 10.6 Å². The van der Waals surface area contributed by atoms with Crippen LogP contribution in [0.3, 0.4) is 0 Å². The minimum Gasteiger partial charge on any atom is -0.387 e. The van der Waals surface area contributed by atoms with Gasteiger partial charge in [0, 0.05) is 29.6 Å². The van der Waals surface area contributed by atoms with Gasteiger partial charge in [-0.3, -0.25) is 4.79 Å². The number of anilines is 1. The zero-order chi connectivity index (χ0) is 12.3. The number of halogens is 1. The van der Waals surface area contributed by atoms with Crippen molar-refractivity contribution in [2.24, 2.45) is 0 Å². The highest BCUT2D eigenvalue weighted by atomic mass is 35.5. The van der Waals surface area contributed by atoms with E-state index in [1.807, 2.05) is 17.8 Å². The number of nitrogens with one attached hydrogen (secondary N) is 2. The van der Waals surface area contributed by atoms with Crippen LogP contribution in [0.5, 0.6) is 0 Å². The largest absolute Gasteiger partial charge is 0.387 e. The zero-order valence-electron chi connectivity index (χ0n) is 9.63. The average Bonchev–Trinajstić information content (AvgIpc) is 2.81. The van der Waals surface area contributed by atoms with Crippen LogP contribution in [0.1, 0.15) is 16.8 Å². The third-order valence-electron chi connectivity index (χ3n) is 2.76. The minimum absolute atomic E-state index is 0.0515. The second-order valence-corrected chi connectivity index (χ2v) is 5.56. The van der Waals surface area contributed by atoms with Gasteiger partial charge in [-0.05, 0) is 30.4 Å². The number of hydrogen-bond donors (Lipinski definition) is 2. The van der Waals surface area contributed by atoms with E-state index in [-0.39, 0.29) is 11.9 Å². The molecule has 1 amide bonds. The maximum atomic E-state index is 12.1. The molecule has 1 saturated heterocycles. The number of rotatable bonds is 3. The Morgan fingerprint density at radius 1 is 1.53 bits per heavy atom. The predicted molar refractivity (Wildman–Crippen MR) is 74.2 cm³/mol. The number of carbonyl (C=O) groups excluding carboxylic acids is 1. The molecular formula is C12H15ClN2OS. The fraction of sp³-hybridized carbons (Fsp3) is 0.417. The van der Waals surface area contributed by atoms with E-state index in [9.17, 15) is 4.79 Å². The molecule has 0 bridgehead atoms. The number of benzene rings is 1. The smallest absolute Gasteiger partial charge is 0.253 e. The van der Waals surface area contributed by atoms with E-state index < -0.39 is 0 Å². The van der Waals surface area contributed by atoms with Gasteiger partial charge in [-0.25, -0.2) is 0 Å². The molecule has 3 nitrogen and oxygen atoms in total. The average molecular weight is 271 g/mol. The molecule has 1 aliphatic heterocycles. The Balaban J connectivity index is 2.14. The molecule has 17 heavy (non-hydrogen) atoms. The topological polar surface area (TPSA) is 41.1 Å². The van der Waals surface area contributed by atoms with Crippen molar-refractivity contribution in [1.29, 1.82) is 0 Å². The summed E-state index contributed by atoms with van der Waals surface area (Å²) in [4.78, 5) is 12.1. The van der Waals surface area contributed by atoms with Crippen molar-refractivity contribution < 1.29 is 4.79 Å². The van der Waals surface area contributed by atoms with Crippen LogP contribution in [-0.4, -0.2) is 30.5 Å². The fourth-order valence-corrected chi connectivity index (χ4v) is 3.16. The Hall–Kier alpha value is -0.870. The van der Waals surface area contributed by atoms with Crippen LogP contribution in [0.2, 0.25) is 5.02 Å². The Labute approximate surface area is 110 Å². The molecule has 92 valence electrons. The molecule has 1 aromatic carbocycles. The number of amides is 1. The number of thioether (sulfide) groups is 1. The molecule has 0 saturated carbocycles. The molecule has 0 aliphatic carbocycles. The lowest BCUT2D eigenvalue weighted by molar-refractivity contribution is 0.0942. The maximum Gasteiger partial charge on any atom is 0.253 e. The highest BCUT2D eigenvalue weighted by molar-refractivity contribution is 7.99. The first-order valence-corrected chi connectivity index (χ1v) is 7.10. The van der Waals surface area contributed by atoms with Crippen molar-refractivity contribution in [3.63, 3.8) is 0 Å². The Morgan fingerprint density at radius 2 is 2.35 bits per heavy atom. The van der Waals surface area contributed by atoms with Gasteiger partial charge in [0.15, 0.2) is 0 Å². The van der Waals surface area contributed by atoms with Gasteiger partial charge in [-0.2, -0.15) is 11.8 Å². The third kappa shape index (κ3) is 3.07. The Bertz CT molecular complexity index is 419. The molecule has 1 atom stereocenters. The van der Waals surface area contributed by atoms with E-state index >= 15 is 0 Å². The predicted octanol–water partition coefficient (Wildman–Crippen LogP) is 2.62. The van der Waals surface area contributed by atoms with Gasteiger partial charge in [0.05, 0.1) is 5.56 Å². The van der Waals surface area contributed by atoms with Crippen molar-refractivity contribution in [3.8, 4) is 0 Å². The highest BCUT2D eigenvalue weighted by Crippen LogP contribution is 2.22. The van der Waals surface area contributed by atoms with Gasteiger partial charge in [-0.1, -0.05) is 11.6 Å². The minimum atomic E-state index is -0.0515. The van der Waals surface area contributed by atoms with Crippen molar-refractivity contribution in [2.75, 3.05) is 23.9 Å². The molecule has 5 heteroatoms. The van der Waals surface area contributed by atoms with E-state index in [0.717, 1.165) is 23.6 Å². The first-order valence-electron chi connectivity index (χ1n) is 5.56. The molecule has 1 heterocycles. The molecule has 2 N–H and O–H groups in total. The molecule has 0 spiro atoms. The molecule has 1 aliphatic rings. The Kier molecular flexibility index (Phi) is 4.18. The van der Waals surface area contributed by atoms with Crippen LogP contribution in [0.4, 0.5) is 5.69 Å². The van der Waals surface area contributed by atoms with E-state index in [4.69, 9.17) is 11.6 Å². The van der Waals surface area contributed by atoms with Crippen molar-refractivity contribution >= 4 is 35.0 Å². The van der Waals surface area contributed by atoms with Crippen LogP contribution in [0, 0.1) is 0 Å². The first kappa shape index (κ1) is 12.6. The maximum absolute atomic E-state index is 12.1. The molecular weight excluding hydrogens is 256 g/mol. The summed E-state index contributed by atoms with van der Waals surface area (Å²) in [5, 5.41) is 6.62. The summed E-state index contributed by atoms with van der Waals surface area (Å²) in [6.07, 6.45) is 1.05. The standard InChI is InChI=1S/C12H15ClN2OS/c1-14-11-3-2-8(13)6-10(11)12(16)15-9-4-5-17-7-9/h2-3,6,9,14H,4-5,7H2,1H3,(H,15,16). The van der Waals surface area contributed by atoms with Crippen molar-refractivity contribution in [2.45, 2.75) is 12.5 Å². The van der Waals surface area contributed by atoms with Crippen LogP contribution in [0.25, 0.3) is 0 Å². The summed E-state index contributed by atoms with van der Waals surface area (Å²) >= 11 is 7.80. The molecule has 1 fully saturated rings. The number of carbonyl (C=O) groups is 1. The second-order valence-electron chi connectivity index (χ2n) is 3.97. The fourth-order valence-electron chi connectivity index (χ4n) is 1.83. The Morgan fingerprint density at radius 3 is 3.00 bits per heavy atom. The summed E-state index contributed by atoms with van der Waals surface area (Å²) in [6, 6.07) is 5.58. The van der Waals surface area contributed by atoms with E-state index in [0.29, 0.717) is 10.6 Å². The van der Waals surface area contributed by atoms with Crippen LogP contribution < -0.4 is 10.6 Å². The van der Waals surface area contributed by atoms with Crippen molar-refractivity contribution in [3.05, 3.63) is 28.8 Å². The SMILES string of the molecule is CNc1ccc(Cl)cc1C(=O)NC1CCSC1. The summed E-state index contributed by atoms with van der Waals surface area (Å²) in [7, 11) is 1.80. The second kappa shape index (κ2) is 5.65. The molecule has 0 radical (unpaired) electrons. The summed E-state index contributed by atoms with van der Waals surface area (Å²) in [5.74, 6) is 2.07. The van der Waals surface area contributed by atoms with Crippen LogP contribution in [0.15, 0.2) is 18.2 Å². The van der Waals surface area contributed by atoms with Gasteiger partial charge in [-0.15, -0.1) is 0 Å². The number of hydrogen-bond acceptors (Lipinski definition) is 3. The van der Waals surface area contributed by atoms with Gasteiger partial charge in [0.1, 0.15) is 0 Å². The quantitative estimate of drug-likeness (QED) is 0.887. The molecule has 1 unspecified atom stereocenters. The summed E-state index contributed by atoms with van der Waals surface area (Å²) in [5.41, 5.74) is 1.41. The zero-order valence-corrected chi connectivity index (χ0v) is 11.2. The summed E-state index contributed by atoms with van der Waals surface area (Å²) in [6.45, 7) is 0. The lowest BCUT2D eigenvalue weighted by Crippen LogP contribution is -2.34. The van der Waals surface area contributed by atoms with Crippen molar-refractivity contribution in [1.82, 2.24) is 5.32 Å². The molecule has 2 rings (SSSR count). The molecule has 1 aromatic rings. The van der Waals surface area contributed by atoms with E-state index in [1.165, 1.54) is 0 Å². The third-order valence-corrected chi connectivity index (χ3v) is 4.16. The van der Waals surface area contributed by atoms with Crippen LogP contribution in [-0.2, 0) is 0 Å². The monoisotopic (exact) mass is 270 g/mol. The normalized spacial score (nSPS) is 19.1. The van der Waals surface area contributed by atoms with Gasteiger partial charge in [0.2, 0.25) is 0 Å². The lowest BCUT2D eigenvalue weighted by Gasteiger charge is -2.14. The first-order chi connectivity index (χ1) is 8.20. The van der Waals surface area contributed by atoms with E-state index in [2.05, 4.69) is 10.6 Å². The van der Waals surface area contributed by atoms with Crippen LogP contribution >= 0.6 is 23.4 Å². The highest BCUT2D eigenvalue weighted by Gasteiger charge is 2.19. The summed E-state index contributed by atoms with van der Waals surface area (Å²) < 4.78 is 0. The molecule has 0 aromatic heterocycles. The van der Waals surface area contributed by atoms with Gasteiger partial charge >= 0.3 is 0 Å².